The van der Waals surface area contributed by atoms with Crippen LogP contribution < -0.4 is 5.56 Å². The summed E-state index contributed by atoms with van der Waals surface area (Å²) in [4.78, 5) is 29.4. The third-order valence-electron chi connectivity index (χ3n) is 5.18. The Morgan fingerprint density at radius 2 is 2.04 bits per heavy atom. The van der Waals surface area contributed by atoms with Gasteiger partial charge < -0.3 is 4.90 Å². The van der Waals surface area contributed by atoms with E-state index in [1.54, 1.807) is 17.4 Å². The standard InChI is InChI=1S/C21H23N3O2S/c1-2-3-13-24-20(25)16-9-5-4-8-15(16)19(22-24)21(26)23-12-6-10-17(23)18-11-7-14-27-18/h4-5,7-9,11,14,17H,2-3,6,10,12-13H2,1H3/t17-/m1/s1. The minimum absolute atomic E-state index is 0.0765. The summed E-state index contributed by atoms with van der Waals surface area (Å²) in [5, 5.41) is 7.78. The summed E-state index contributed by atoms with van der Waals surface area (Å²) in [6.07, 6.45) is 3.79. The molecule has 3 aromatic rings. The van der Waals surface area contributed by atoms with Crippen LogP contribution in [-0.4, -0.2) is 27.1 Å². The Hall–Kier alpha value is -2.47. The molecule has 1 aliphatic heterocycles. The number of benzene rings is 1. The van der Waals surface area contributed by atoms with Crippen LogP contribution in [0.3, 0.4) is 0 Å². The summed E-state index contributed by atoms with van der Waals surface area (Å²) in [5.74, 6) is -0.0765. The zero-order valence-electron chi connectivity index (χ0n) is 15.4. The molecule has 1 aromatic carbocycles. The minimum atomic E-state index is -0.119. The lowest BCUT2D eigenvalue weighted by Crippen LogP contribution is -2.34. The first kappa shape index (κ1) is 17.9. The van der Waals surface area contributed by atoms with Crippen LogP contribution in [0.4, 0.5) is 0 Å². The fraction of sp³-hybridized carbons (Fsp3) is 0.381. The number of hydrogen-bond donors (Lipinski definition) is 0. The van der Waals surface area contributed by atoms with E-state index in [0.717, 1.165) is 32.2 Å². The molecule has 2 aromatic heterocycles. The van der Waals surface area contributed by atoms with Gasteiger partial charge in [0.05, 0.1) is 11.4 Å². The molecule has 5 nitrogen and oxygen atoms in total. The van der Waals surface area contributed by atoms with Crippen LogP contribution in [0, 0.1) is 0 Å². The number of likely N-dealkylation sites (tertiary alicyclic amines) is 1. The van der Waals surface area contributed by atoms with Crippen LogP contribution >= 0.6 is 11.3 Å². The SMILES string of the molecule is CCCCn1nc(C(=O)N2CCC[C@@H]2c2cccs2)c2ccccc2c1=O. The molecule has 0 aliphatic carbocycles. The lowest BCUT2D eigenvalue weighted by atomic mass is 10.1. The van der Waals surface area contributed by atoms with Gasteiger partial charge in [-0.2, -0.15) is 5.10 Å². The number of thiophene rings is 1. The zero-order valence-corrected chi connectivity index (χ0v) is 16.2. The Balaban J connectivity index is 1.79. The van der Waals surface area contributed by atoms with Gasteiger partial charge in [-0.25, -0.2) is 4.68 Å². The molecule has 1 atom stereocenters. The number of aryl methyl sites for hydroxylation is 1. The molecule has 0 N–H and O–H groups in total. The number of hydrogen-bond acceptors (Lipinski definition) is 4. The van der Waals surface area contributed by atoms with E-state index < -0.39 is 0 Å². The van der Waals surface area contributed by atoms with E-state index in [2.05, 4.69) is 23.5 Å². The first-order chi connectivity index (χ1) is 13.2. The molecule has 1 amide bonds. The summed E-state index contributed by atoms with van der Waals surface area (Å²) in [5.41, 5.74) is 0.275. The highest BCUT2D eigenvalue weighted by atomic mass is 32.1. The van der Waals surface area contributed by atoms with Gasteiger partial charge in [0.2, 0.25) is 0 Å². The van der Waals surface area contributed by atoms with Crippen molar-refractivity contribution in [1.82, 2.24) is 14.7 Å². The number of aromatic nitrogens is 2. The van der Waals surface area contributed by atoms with Crippen molar-refractivity contribution in [3.8, 4) is 0 Å². The number of unbranched alkanes of at least 4 members (excludes halogenated alkanes) is 1. The lowest BCUT2D eigenvalue weighted by molar-refractivity contribution is 0.0731. The summed E-state index contributed by atoms with van der Waals surface area (Å²) in [6, 6.07) is 11.5. The summed E-state index contributed by atoms with van der Waals surface area (Å²) < 4.78 is 1.47. The maximum Gasteiger partial charge on any atom is 0.275 e. The number of fused-ring (bicyclic) bond motifs is 1. The maximum absolute atomic E-state index is 13.5. The second-order valence-corrected chi connectivity index (χ2v) is 7.93. The number of carbonyl (C=O) groups is 1. The quantitative estimate of drug-likeness (QED) is 0.664. The van der Waals surface area contributed by atoms with Gasteiger partial charge in [-0.3, -0.25) is 9.59 Å². The predicted molar refractivity (Wildman–Crippen MR) is 108 cm³/mol. The van der Waals surface area contributed by atoms with Crippen molar-refractivity contribution in [2.24, 2.45) is 0 Å². The molecular weight excluding hydrogens is 358 g/mol. The van der Waals surface area contributed by atoms with Crippen LogP contribution in [0.15, 0.2) is 46.6 Å². The molecule has 0 saturated carbocycles. The Labute approximate surface area is 162 Å². The van der Waals surface area contributed by atoms with Crippen molar-refractivity contribution >= 4 is 28.0 Å². The monoisotopic (exact) mass is 381 g/mol. The molecule has 0 spiro atoms. The Kier molecular flexibility index (Phi) is 5.07. The summed E-state index contributed by atoms with van der Waals surface area (Å²) in [6.45, 7) is 3.34. The second-order valence-electron chi connectivity index (χ2n) is 6.95. The average molecular weight is 382 g/mol. The fourth-order valence-corrected chi connectivity index (χ4v) is 4.65. The third kappa shape index (κ3) is 3.30. The number of nitrogens with zero attached hydrogens (tertiary/aromatic N) is 3. The fourth-order valence-electron chi connectivity index (χ4n) is 3.78. The largest absolute Gasteiger partial charge is 0.329 e. The van der Waals surface area contributed by atoms with Gasteiger partial charge in [-0.05, 0) is 36.8 Å². The minimum Gasteiger partial charge on any atom is -0.329 e. The van der Waals surface area contributed by atoms with Crippen molar-refractivity contribution in [2.75, 3.05) is 6.54 Å². The Morgan fingerprint density at radius 1 is 1.22 bits per heavy atom. The highest BCUT2D eigenvalue weighted by Crippen LogP contribution is 2.35. The second kappa shape index (κ2) is 7.64. The zero-order chi connectivity index (χ0) is 18.8. The van der Waals surface area contributed by atoms with Gasteiger partial charge in [-0.1, -0.05) is 37.6 Å². The molecule has 140 valence electrons. The number of rotatable bonds is 5. The topological polar surface area (TPSA) is 55.2 Å². The molecule has 0 unspecified atom stereocenters. The average Bonchev–Trinajstić information content (AvgIpc) is 3.38. The van der Waals surface area contributed by atoms with E-state index >= 15 is 0 Å². The molecule has 0 bridgehead atoms. The Morgan fingerprint density at radius 3 is 2.78 bits per heavy atom. The van der Waals surface area contributed by atoms with Crippen LogP contribution in [0.25, 0.3) is 10.8 Å². The van der Waals surface area contributed by atoms with E-state index in [4.69, 9.17) is 0 Å². The molecule has 3 heterocycles. The number of amides is 1. The highest BCUT2D eigenvalue weighted by molar-refractivity contribution is 7.10. The van der Waals surface area contributed by atoms with Crippen molar-refractivity contribution in [3.05, 3.63) is 62.7 Å². The van der Waals surface area contributed by atoms with E-state index in [9.17, 15) is 9.59 Å². The molecular formula is C21H23N3O2S. The molecule has 4 rings (SSSR count). The van der Waals surface area contributed by atoms with Crippen LogP contribution in [0.2, 0.25) is 0 Å². The van der Waals surface area contributed by atoms with Crippen LogP contribution in [-0.2, 0) is 6.54 Å². The van der Waals surface area contributed by atoms with E-state index in [-0.39, 0.29) is 17.5 Å². The van der Waals surface area contributed by atoms with Crippen molar-refractivity contribution in [2.45, 2.75) is 45.2 Å². The van der Waals surface area contributed by atoms with Crippen molar-refractivity contribution < 1.29 is 4.79 Å². The smallest absolute Gasteiger partial charge is 0.275 e. The van der Waals surface area contributed by atoms with Gasteiger partial charge >= 0.3 is 0 Å². The first-order valence-corrected chi connectivity index (χ1v) is 10.4. The third-order valence-corrected chi connectivity index (χ3v) is 6.15. The van der Waals surface area contributed by atoms with Crippen LogP contribution in [0.1, 0.15) is 54.0 Å². The van der Waals surface area contributed by atoms with E-state index in [1.807, 2.05) is 29.2 Å². The summed E-state index contributed by atoms with van der Waals surface area (Å²) >= 11 is 1.69. The molecule has 1 aliphatic rings. The summed E-state index contributed by atoms with van der Waals surface area (Å²) in [7, 11) is 0. The lowest BCUT2D eigenvalue weighted by Gasteiger charge is -2.24. The predicted octanol–water partition coefficient (Wildman–Crippen LogP) is 4.24. The van der Waals surface area contributed by atoms with Gasteiger partial charge in [0, 0.05) is 23.4 Å². The van der Waals surface area contributed by atoms with Gasteiger partial charge in [0.25, 0.3) is 11.5 Å². The van der Waals surface area contributed by atoms with E-state index in [1.165, 1.54) is 9.56 Å². The van der Waals surface area contributed by atoms with Crippen molar-refractivity contribution in [1.29, 1.82) is 0 Å². The normalized spacial score (nSPS) is 16.9. The Bertz CT molecular complexity index is 1010. The highest BCUT2D eigenvalue weighted by Gasteiger charge is 2.33. The molecule has 0 radical (unpaired) electrons. The number of carbonyl (C=O) groups excluding carboxylic acids is 1. The molecule has 1 fully saturated rings. The molecule has 27 heavy (non-hydrogen) atoms. The van der Waals surface area contributed by atoms with Gasteiger partial charge in [-0.15, -0.1) is 11.3 Å². The van der Waals surface area contributed by atoms with E-state index in [0.29, 0.717) is 23.0 Å². The van der Waals surface area contributed by atoms with Gasteiger partial charge in [0.15, 0.2) is 5.69 Å². The molecule has 1 saturated heterocycles. The van der Waals surface area contributed by atoms with Gasteiger partial charge in [0.1, 0.15) is 0 Å². The first-order valence-electron chi connectivity index (χ1n) is 9.55. The van der Waals surface area contributed by atoms with Crippen LogP contribution in [0.5, 0.6) is 0 Å². The van der Waals surface area contributed by atoms with Crippen molar-refractivity contribution in [3.63, 3.8) is 0 Å². The maximum atomic E-state index is 13.5. The molecule has 6 heteroatoms.